The van der Waals surface area contributed by atoms with E-state index in [2.05, 4.69) is 9.88 Å². The third-order valence-corrected chi connectivity index (χ3v) is 7.57. The average molecular weight is 408 g/mol. The molecular formula is C25H16N2O4. The molecule has 2 amide bonds. The zero-order valence-corrected chi connectivity index (χ0v) is 16.3. The summed E-state index contributed by atoms with van der Waals surface area (Å²) in [6.45, 7) is 0. The van der Waals surface area contributed by atoms with Gasteiger partial charge < -0.3 is 14.4 Å². The molecule has 6 nitrogen and oxygen atoms in total. The number of hydrogen-bond donors (Lipinski definition) is 2. The number of rotatable bonds is 0. The Labute approximate surface area is 176 Å². The Morgan fingerprint density at radius 2 is 1.74 bits per heavy atom. The third-order valence-electron chi connectivity index (χ3n) is 7.57. The number of carbonyl (C=O) groups is 2. The van der Waals surface area contributed by atoms with Crippen molar-refractivity contribution in [3.8, 4) is 11.1 Å². The van der Waals surface area contributed by atoms with Crippen molar-refractivity contribution < 1.29 is 19.4 Å². The van der Waals surface area contributed by atoms with E-state index in [1.165, 1.54) is 0 Å². The average Bonchev–Trinajstić information content (AvgIpc) is 3.49. The van der Waals surface area contributed by atoms with Gasteiger partial charge in [-0.2, -0.15) is 0 Å². The van der Waals surface area contributed by atoms with Gasteiger partial charge in [0.2, 0.25) is 0 Å². The van der Waals surface area contributed by atoms with Gasteiger partial charge in [-0.1, -0.05) is 42.5 Å². The van der Waals surface area contributed by atoms with Crippen LogP contribution in [0, 0.1) is 0 Å². The molecule has 4 aliphatic rings. The van der Waals surface area contributed by atoms with Crippen LogP contribution in [0.2, 0.25) is 0 Å². The van der Waals surface area contributed by atoms with Crippen LogP contribution in [0.15, 0.2) is 48.5 Å². The lowest BCUT2D eigenvalue weighted by Gasteiger charge is -2.31. The van der Waals surface area contributed by atoms with Crippen molar-refractivity contribution >= 4 is 33.6 Å². The molecule has 6 heteroatoms. The molecule has 3 aliphatic heterocycles. The zero-order valence-electron chi connectivity index (χ0n) is 16.3. The number of nitrogens with zero attached hydrogens (tertiary/aromatic N) is 1. The van der Waals surface area contributed by atoms with Gasteiger partial charge >= 0.3 is 0 Å². The third kappa shape index (κ3) is 1.55. The van der Waals surface area contributed by atoms with Crippen LogP contribution in [0.3, 0.4) is 0 Å². The van der Waals surface area contributed by atoms with E-state index in [1.54, 1.807) is 0 Å². The molecule has 1 saturated heterocycles. The molecule has 0 spiro atoms. The van der Waals surface area contributed by atoms with Crippen molar-refractivity contribution in [2.45, 2.75) is 30.8 Å². The normalized spacial score (nSPS) is 27.0. The zero-order chi connectivity index (χ0) is 20.6. The van der Waals surface area contributed by atoms with Gasteiger partial charge in [0.15, 0.2) is 0 Å². The summed E-state index contributed by atoms with van der Waals surface area (Å²) in [7, 11) is 0. The Morgan fingerprint density at radius 1 is 0.968 bits per heavy atom. The molecule has 3 aromatic carbocycles. The van der Waals surface area contributed by atoms with Crippen LogP contribution in [0.1, 0.15) is 50.9 Å². The molecule has 31 heavy (non-hydrogen) atoms. The van der Waals surface area contributed by atoms with Crippen molar-refractivity contribution in [1.82, 2.24) is 9.88 Å². The predicted octanol–water partition coefficient (Wildman–Crippen LogP) is 3.59. The predicted molar refractivity (Wildman–Crippen MR) is 113 cm³/mol. The summed E-state index contributed by atoms with van der Waals surface area (Å²) in [5.41, 5.74) is 4.09. The van der Waals surface area contributed by atoms with Gasteiger partial charge in [0.1, 0.15) is 11.8 Å². The SMILES string of the molecule is O=C1NC(=O)c2c1c1c3c4c2c2ccccc2n4C2CCC(O2)C3(O)c2ccccc2-1. The van der Waals surface area contributed by atoms with Crippen LogP contribution < -0.4 is 5.32 Å². The van der Waals surface area contributed by atoms with Crippen molar-refractivity contribution in [2.24, 2.45) is 0 Å². The summed E-state index contributed by atoms with van der Waals surface area (Å²) < 4.78 is 8.61. The van der Waals surface area contributed by atoms with Gasteiger partial charge in [-0.3, -0.25) is 14.9 Å². The first kappa shape index (κ1) is 16.2. The van der Waals surface area contributed by atoms with Crippen LogP contribution >= 0.6 is 0 Å². The Balaban J connectivity index is 1.75. The molecule has 4 aromatic rings. The number of aromatic nitrogens is 1. The highest BCUT2D eigenvalue weighted by Crippen LogP contribution is 2.61. The minimum atomic E-state index is -1.37. The Hall–Kier alpha value is -3.48. The monoisotopic (exact) mass is 408 g/mol. The van der Waals surface area contributed by atoms with Crippen molar-refractivity contribution in [3.05, 3.63) is 70.8 Å². The second kappa shape index (κ2) is 4.88. The standard InChI is InChI=1S/C25H16N2O4/c28-23-19-17-11-5-1-3-7-13(11)25(30)15-9-10-16(31-15)27-14-8-4-2-6-12(14)18(22(27)21(17)25)20(19)24(29)26-23/h1-8,15-16,30H,9-10H2,(H,26,28,29). The lowest BCUT2D eigenvalue weighted by molar-refractivity contribution is -0.0920. The van der Waals surface area contributed by atoms with Crippen molar-refractivity contribution in [2.75, 3.05) is 0 Å². The highest BCUT2D eigenvalue weighted by molar-refractivity contribution is 6.33. The molecule has 0 radical (unpaired) electrons. The summed E-state index contributed by atoms with van der Waals surface area (Å²) in [5.74, 6) is -0.784. The lowest BCUT2D eigenvalue weighted by Crippen LogP contribution is -2.38. The molecule has 1 fully saturated rings. The molecule has 3 atom stereocenters. The van der Waals surface area contributed by atoms with E-state index in [0.717, 1.165) is 39.4 Å². The van der Waals surface area contributed by atoms with E-state index >= 15 is 0 Å². The number of ether oxygens (including phenoxy) is 1. The summed E-state index contributed by atoms with van der Waals surface area (Å²) in [4.78, 5) is 26.1. The van der Waals surface area contributed by atoms with E-state index < -0.39 is 17.6 Å². The van der Waals surface area contributed by atoms with Crippen molar-refractivity contribution in [3.63, 3.8) is 0 Å². The second-order valence-corrected chi connectivity index (χ2v) is 8.86. The Morgan fingerprint density at radius 3 is 2.65 bits per heavy atom. The fourth-order valence-corrected chi connectivity index (χ4v) is 6.50. The molecule has 4 heterocycles. The quantitative estimate of drug-likeness (QED) is 0.436. The molecule has 150 valence electrons. The minimum Gasteiger partial charge on any atom is -0.378 e. The number of nitrogens with one attached hydrogen (secondary N) is 1. The van der Waals surface area contributed by atoms with Gasteiger partial charge in [-0.05, 0) is 30.0 Å². The molecule has 2 N–H and O–H groups in total. The summed E-state index contributed by atoms with van der Waals surface area (Å²) >= 11 is 0. The second-order valence-electron chi connectivity index (χ2n) is 8.86. The van der Waals surface area contributed by atoms with E-state index in [-0.39, 0.29) is 12.1 Å². The first-order valence-corrected chi connectivity index (χ1v) is 10.6. The topological polar surface area (TPSA) is 80.6 Å². The summed E-state index contributed by atoms with van der Waals surface area (Å²) in [6.07, 6.45) is 0.848. The van der Waals surface area contributed by atoms with Gasteiger partial charge in [-0.15, -0.1) is 0 Å². The smallest absolute Gasteiger partial charge is 0.259 e. The number of amides is 2. The maximum Gasteiger partial charge on any atom is 0.259 e. The van der Waals surface area contributed by atoms with E-state index in [1.807, 2.05) is 48.5 Å². The number of carbonyl (C=O) groups excluding carboxylic acids is 2. The summed E-state index contributed by atoms with van der Waals surface area (Å²) in [5, 5.41) is 16.5. The van der Waals surface area contributed by atoms with Crippen LogP contribution in [0.4, 0.5) is 0 Å². The van der Waals surface area contributed by atoms with Crippen LogP contribution in [0.25, 0.3) is 32.9 Å². The van der Waals surface area contributed by atoms with Gasteiger partial charge in [0, 0.05) is 21.9 Å². The van der Waals surface area contributed by atoms with Gasteiger partial charge in [0.25, 0.3) is 11.8 Å². The Bertz CT molecular complexity index is 1570. The number of imide groups is 1. The number of para-hydroxylation sites is 1. The van der Waals surface area contributed by atoms with Crippen LogP contribution in [-0.4, -0.2) is 27.6 Å². The molecule has 3 unspecified atom stereocenters. The largest absolute Gasteiger partial charge is 0.378 e. The van der Waals surface area contributed by atoms with Crippen molar-refractivity contribution in [1.29, 1.82) is 0 Å². The highest BCUT2D eigenvalue weighted by Gasteiger charge is 2.57. The number of hydrogen-bond acceptors (Lipinski definition) is 4. The maximum absolute atomic E-state index is 13.1. The number of aliphatic hydroxyl groups is 1. The maximum atomic E-state index is 13.1. The molecule has 8 rings (SSSR count). The van der Waals surface area contributed by atoms with Gasteiger partial charge in [0.05, 0.1) is 28.3 Å². The fourth-order valence-electron chi connectivity index (χ4n) is 6.50. The molecule has 1 aromatic heterocycles. The van der Waals surface area contributed by atoms with E-state index in [9.17, 15) is 14.7 Å². The van der Waals surface area contributed by atoms with E-state index in [4.69, 9.17) is 4.74 Å². The molecule has 1 aliphatic carbocycles. The first-order chi connectivity index (χ1) is 15.1. The molecule has 0 saturated carbocycles. The van der Waals surface area contributed by atoms with Crippen LogP contribution in [-0.2, 0) is 10.3 Å². The number of benzene rings is 3. The molecule has 2 bridgehead atoms. The minimum absolute atomic E-state index is 0.225. The Kier molecular flexibility index (Phi) is 2.55. The summed E-state index contributed by atoms with van der Waals surface area (Å²) in [6, 6.07) is 15.5. The van der Waals surface area contributed by atoms with Gasteiger partial charge in [-0.25, -0.2) is 0 Å². The highest BCUT2D eigenvalue weighted by atomic mass is 16.5. The molecular weight excluding hydrogens is 392 g/mol. The fraction of sp³-hybridized carbons (Fsp3) is 0.200. The lowest BCUT2D eigenvalue weighted by atomic mass is 9.82. The van der Waals surface area contributed by atoms with Crippen LogP contribution in [0.5, 0.6) is 0 Å². The number of fused-ring (bicyclic) bond motifs is 13. The van der Waals surface area contributed by atoms with E-state index in [0.29, 0.717) is 28.7 Å². The first-order valence-electron chi connectivity index (χ1n) is 10.6.